The van der Waals surface area contributed by atoms with E-state index in [1.165, 1.54) is 0 Å². The number of aliphatic hydroxyl groups is 1. The number of aromatic nitrogens is 2. The molecule has 0 saturated heterocycles. The summed E-state index contributed by atoms with van der Waals surface area (Å²) in [7, 11) is 0. The highest BCUT2D eigenvalue weighted by Crippen LogP contribution is 2.20. The highest BCUT2D eigenvalue weighted by Gasteiger charge is 2.18. The SMILES string of the molecule is CCCc1nc(C)cc(=O)n1-c1ccc(OC(C)(C)CO)cc1. The summed E-state index contributed by atoms with van der Waals surface area (Å²) in [6.07, 6.45) is 1.66. The van der Waals surface area contributed by atoms with E-state index in [1.54, 1.807) is 22.8 Å². The van der Waals surface area contributed by atoms with Crippen LogP contribution in [0.15, 0.2) is 35.1 Å². The average molecular weight is 316 g/mol. The van der Waals surface area contributed by atoms with Gasteiger partial charge >= 0.3 is 0 Å². The lowest BCUT2D eigenvalue weighted by Gasteiger charge is -2.24. The molecule has 0 atom stereocenters. The standard InChI is InChI=1S/C18H24N2O3/c1-5-6-16-19-13(2)11-17(22)20(16)14-7-9-15(10-8-14)23-18(3,4)12-21/h7-11,21H,5-6,12H2,1-4H3. The lowest BCUT2D eigenvalue weighted by Crippen LogP contribution is -2.32. The Hall–Kier alpha value is -2.14. The second-order valence-electron chi connectivity index (χ2n) is 6.25. The Morgan fingerprint density at radius 3 is 2.48 bits per heavy atom. The van der Waals surface area contributed by atoms with E-state index in [0.717, 1.165) is 30.0 Å². The van der Waals surface area contributed by atoms with Crippen molar-refractivity contribution < 1.29 is 9.84 Å². The molecule has 0 fully saturated rings. The molecule has 5 nitrogen and oxygen atoms in total. The van der Waals surface area contributed by atoms with Gasteiger partial charge in [0, 0.05) is 18.2 Å². The van der Waals surface area contributed by atoms with Crippen molar-refractivity contribution in [2.45, 2.75) is 46.1 Å². The van der Waals surface area contributed by atoms with Gasteiger partial charge in [0.2, 0.25) is 0 Å². The van der Waals surface area contributed by atoms with Crippen LogP contribution in [0.3, 0.4) is 0 Å². The lowest BCUT2D eigenvalue weighted by molar-refractivity contribution is 0.0412. The maximum Gasteiger partial charge on any atom is 0.258 e. The van der Waals surface area contributed by atoms with Crippen LogP contribution in [0, 0.1) is 6.92 Å². The van der Waals surface area contributed by atoms with E-state index in [9.17, 15) is 9.90 Å². The highest BCUT2D eigenvalue weighted by atomic mass is 16.5. The van der Waals surface area contributed by atoms with Gasteiger partial charge < -0.3 is 9.84 Å². The van der Waals surface area contributed by atoms with Gasteiger partial charge in [0.05, 0.1) is 12.3 Å². The zero-order valence-electron chi connectivity index (χ0n) is 14.2. The predicted octanol–water partition coefficient (Wildman–Crippen LogP) is 2.64. The molecule has 1 aromatic heterocycles. The van der Waals surface area contributed by atoms with Crippen molar-refractivity contribution in [1.29, 1.82) is 0 Å². The van der Waals surface area contributed by atoms with E-state index in [-0.39, 0.29) is 12.2 Å². The number of aliphatic hydroxyl groups excluding tert-OH is 1. The number of hydrogen-bond acceptors (Lipinski definition) is 4. The van der Waals surface area contributed by atoms with Crippen LogP contribution in [-0.4, -0.2) is 26.9 Å². The van der Waals surface area contributed by atoms with Crippen LogP contribution in [0.1, 0.15) is 38.7 Å². The van der Waals surface area contributed by atoms with E-state index in [0.29, 0.717) is 5.75 Å². The molecule has 2 aromatic rings. The van der Waals surface area contributed by atoms with Crippen molar-refractivity contribution in [1.82, 2.24) is 9.55 Å². The summed E-state index contributed by atoms with van der Waals surface area (Å²) >= 11 is 0. The molecule has 0 unspecified atom stereocenters. The van der Waals surface area contributed by atoms with Gasteiger partial charge in [-0.25, -0.2) is 4.98 Å². The third-order valence-electron chi connectivity index (χ3n) is 3.46. The van der Waals surface area contributed by atoms with Gasteiger partial charge in [-0.05, 0) is 51.5 Å². The molecule has 0 bridgehead atoms. The first-order valence-electron chi connectivity index (χ1n) is 7.86. The Morgan fingerprint density at radius 1 is 1.26 bits per heavy atom. The van der Waals surface area contributed by atoms with Gasteiger partial charge in [-0.1, -0.05) is 6.92 Å². The largest absolute Gasteiger partial charge is 0.485 e. The third-order valence-corrected chi connectivity index (χ3v) is 3.46. The minimum Gasteiger partial charge on any atom is -0.485 e. The summed E-state index contributed by atoms with van der Waals surface area (Å²) < 4.78 is 7.35. The fraction of sp³-hybridized carbons (Fsp3) is 0.444. The van der Waals surface area contributed by atoms with Crippen molar-refractivity contribution in [2.24, 2.45) is 0 Å². The Balaban J connectivity index is 2.38. The van der Waals surface area contributed by atoms with Crippen LogP contribution >= 0.6 is 0 Å². The Bertz CT molecular complexity index is 718. The first-order valence-corrected chi connectivity index (χ1v) is 7.86. The fourth-order valence-corrected chi connectivity index (χ4v) is 2.34. The van der Waals surface area contributed by atoms with Crippen LogP contribution in [0.2, 0.25) is 0 Å². The van der Waals surface area contributed by atoms with Crippen molar-refractivity contribution in [3.05, 3.63) is 52.2 Å². The molecule has 1 N–H and O–H groups in total. The van der Waals surface area contributed by atoms with Crippen LogP contribution in [0.4, 0.5) is 0 Å². The van der Waals surface area contributed by atoms with Gasteiger partial charge in [0.1, 0.15) is 17.2 Å². The normalized spacial score (nSPS) is 11.5. The molecular weight excluding hydrogens is 292 g/mol. The topological polar surface area (TPSA) is 64.4 Å². The second-order valence-corrected chi connectivity index (χ2v) is 6.25. The molecule has 1 heterocycles. The van der Waals surface area contributed by atoms with Gasteiger partial charge in [0.15, 0.2) is 0 Å². The molecule has 0 saturated carbocycles. The van der Waals surface area contributed by atoms with Gasteiger partial charge in [0.25, 0.3) is 5.56 Å². The molecule has 0 spiro atoms. The number of aryl methyl sites for hydroxylation is 2. The Kier molecular flexibility index (Phi) is 5.21. The molecule has 0 radical (unpaired) electrons. The summed E-state index contributed by atoms with van der Waals surface area (Å²) in [5.74, 6) is 1.42. The van der Waals surface area contributed by atoms with Crippen LogP contribution in [0.25, 0.3) is 5.69 Å². The number of rotatable bonds is 6. The summed E-state index contributed by atoms with van der Waals surface area (Å²) in [5, 5.41) is 9.27. The molecule has 124 valence electrons. The molecule has 0 aliphatic carbocycles. The number of hydrogen-bond donors (Lipinski definition) is 1. The zero-order valence-corrected chi connectivity index (χ0v) is 14.2. The number of ether oxygens (including phenoxy) is 1. The van der Waals surface area contributed by atoms with E-state index >= 15 is 0 Å². The fourth-order valence-electron chi connectivity index (χ4n) is 2.34. The quantitative estimate of drug-likeness (QED) is 0.890. The maximum atomic E-state index is 12.4. The minimum absolute atomic E-state index is 0.0727. The predicted molar refractivity (Wildman–Crippen MR) is 90.4 cm³/mol. The minimum atomic E-state index is -0.642. The van der Waals surface area contributed by atoms with E-state index in [1.807, 2.05) is 32.9 Å². The first-order chi connectivity index (χ1) is 10.9. The van der Waals surface area contributed by atoms with E-state index in [2.05, 4.69) is 11.9 Å². The van der Waals surface area contributed by atoms with E-state index in [4.69, 9.17) is 4.74 Å². The van der Waals surface area contributed by atoms with Crippen molar-refractivity contribution >= 4 is 0 Å². The molecule has 0 aliphatic rings. The summed E-state index contributed by atoms with van der Waals surface area (Å²) in [6, 6.07) is 8.81. The monoisotopic (exact) mass is 316 g/mol. The average Bonchev–Trinajstić information content (AvgIpc) is 2.48. The molecule has 1 aromatic carbocycles. The van der Waals surface area contributed by atoms with Gasteiger partial charge in [-0.3, -0.25) is 9.36 Å². The number of benzene rings is 1. The molecule has 0 aliphatic heterocycles. The third kappa shape index (κ3) is 4.20. The van der Waals surface area contributed by atoms with Gasteiger partial charge in [-0.2, -0.15) is 0 Å². The second kappa shape index (κ2) is 6.96. The Labute approximate surface area is 136 Å². The van der Waals surface area contributed by atoms with Crippen molar-refractivity contribution in [3.8, 4) is 11.4 Å². The number of nitrogens with zero attached hydrogens (tertiary/aromatic N) is 2. The van der Waals surface area contributed by atoms with Gasteiger partial charge in [-0.15, -0.1) is 0 Å². The maximum absolute atomic E-state index is 12.4. The van der Waals surface area contributed by atoms with E-state index < -0.39 is 5.60 Å². The molecular formula is C18H24N2O3. The Morgan fingerprint density at radius 2 is 1.91 bits per heavy atom. The molecule has 2 rings (SSSR count). The summed E-state index contributed by atoms with van der Waals surface area (Å²) in [5.41, 5.74) is 0.779. The lowest BCUT2D eigenvalue weighted by atomic mass is 10.1. The van der Waals surface area contributed by atoms with Crippen LogP contribution in [-0.2, 0) is 6.42 Å². The molecule has 23 heavy (non-hydrogen) atoms. The highest BCUT2D eigenvalue weighted by molar-refractivity contribution is 5.38. The molecule has 5 heteroatoms. The first kappa shape index (κ1) is 17.2. The van der Waals surface area contributed by atoms with Crippen LogP contribution in [0.5, 0.6) is 5.75 Å². The van der Waals surface area contributed by atoms with Crippen LogP contribution < -0.4 is 10.3 Å². The smallest absolute Gasteiger partial charge is 0.258 e. The summed E-state index contributed by atoms with van der Waals surface area (Å²) in [6.45, 7) is 7.45. The zero-order chi connectivity index (χ0) is 17.0. The van der Waals surface area contributed by atoms with Crippen molar-refractivity contribution in [2.75, 3.05) is 6.61 Å². The van der Waals surface area contributed by atoms with Crippen molar-refractivity contribution in [3.63, 3.8) is 0 Å². The molecule has 0 amide bonds. The summed E-state index contributed by atoms with van der Waals surface area (Å²) in [4.78, 5) is 16.8.